The number of carbonyl (C=O) groups is 1. The summed E-state index contributed by atoms with van der Waals surface area (Å²) in [4.78, 5) is 12.1. The number of aromatic amines is 1. The summed E-state index contributed by atoms with van der Waals surface area (Å²) in [6, 6.07) is 10.4. The van der Waals surface area contributed by atoms with Gasteiger partial charge < -0.3 is 10.2 Å². The van der Waals surface area contributed by atoms with Crippen molar-refractivity contribution >= 4 is 35.3 Å². The molecule has 0 fully saturated rings. The van der Waals surface area contributed by atoms with Crippen LogP contribution in [-0.4, -0.2) is 32.5 Å². The lowest BCUT2D eigenvalue weighted by Crippen LogP contribution is -2.17. The largest absolute Gasteiger partial charge is 0.508 e. The summed E-state index contributed by atoms with van der Waals surface area (Å²) in [6.45, 7) is 0. The molecule has 3 rings (SSSR count). The zero-order chi connectivity index (χ0) is 18.7. The molecule has 0 saturated heterocycles. The first-order valence-electron chi connectivity index (χ1n) is 7.29. The van der Waals surface area contributed by atoms with Crippen LogP contribution < -0.4 is 5.43 Å². The fourth-order valence-corrected chi connectivity index (χ4v) is 2.70. The van der Waals surface area contributed by atoms with Crippen LogP contribution in [0.15, 0.2) is 47.6 Å². The van der Waals surface area contributed by atoms with E-state index in [0.717, 1.165) is 0 Å². The lowest BCUT2D eigenvalue weighted by Gasteiger charge is -2.00. The van der Waals surface area contributed by atoms with Crippen LogP contribution in [0.5, 0.6) is 11.5 Å². The maximum atomic E-state index is 12.1. The summed E-state index contributed by atoms with van der Waals surface area (Å²) in [6.07, 6.45) is 1.28. The summed E-state index contributed by atoms with van der Waals surface area (Å²) in [5.74, 6) is -0.749. The molecule has 0 aliphatic heterocycles. The maximum absolute atomic E-state index is 12.1. The van der Waals surface area contributed by atoms with Gasteiger partial charge in [-0.15, -0.1) is 0 Å². The van der Waals surface area contributed by atoms with E-state index in [1.807, 2.05) is 0 Å². The smallest absolute Gasteiger partial charge is 0.289 e. The number of aromatic hydroxyl groups is 2. The predicted molar refractivity (Wildman–Crippen MR) is 98.9 cm³/mol. The number of phenols is 2. The van der Waals surface area contributed by atoms with E-state index < -0.39 is 5.91 Å². The molecule has 0 spiro atoms. The molecule has 0 bridgehead atoms. The van der Waals surface area contributed by atoms with E-state index in [1.54, 1.807) is 18.2 Å². The summed E-state index contributed by atoms with van der Waals surface area (Å²) >= 11 is 12.0. The second kappa shape index (κ2) is 7.47. The highest BCUT2D eigenvalue weighted by Gasteiger charge is 2.12. The van der Waals surface area contributed by atoms with Gasteiger partial charge in [0, 0.05) is 22.2 Å². The Morgan fingerprint density at radius 2 is 1.85 bits per heavy atom. The fourth-order valence-electron chi connectivity index (χ4n) is 2.19. The third-order valence-corrected chi connectivity index (χ3v) is 3.88. The number of hydrogen-bond donors (Lipinski definition) is 4. The number of nitrogens with zero attached hydrogens (tertiary/aromatic N) is 2. The maximum Gasteiger partial charge on any atom is 0.289 e. The standard InChI is InChI=1S/C17H12Cl2N4O3/c18-10-1-2-13(14(19)5-10)15-7-16(22-21-15)17(26)23-20-8-9-3-11(24)6-12(25)4-9/h1-8,24-25H,(H,21,22)(H,23,26)/b20-8+. The van der Waals surface area contributed by atoms with Crippen molar-refractivity contribution in [3.05, 3.63) is 63.8 Å². The molecule has 1 aromatic heterocycles. The molecule has 7 nitrogen and oxygen atoms in total. The van der Waals surface area contributed by atoms with Crippen LogP contribution in [0.4, 0.5) is 0 Å². The molecule has 132 valence electrons. The Balaban J connectivity index is 1.71. The predicted octanol–water partition coefficient (Wildman–Crippen LogP) is 3.56. The summed E-state index contributed by atoms with van der Waals surface area (Å²) in [5, 5.41) is 30.1. The second-order valence-electron chi connectivity index (χ2n) is 5.27. The Hall–Kier alpha value is -3.03. The number of rotatable bonds is 4. The minimum absolute atomic E-state index is 0.115. The number of H-pyrrole nitrogens is 1. The van der Waals surface area contributed by atoms with Gasteiger partial charge in [0.15, 0.2) is 0 Å². The van der Waals surface area contributed by atoms with Gasteiger partial charge in [-0.25, -0.2) is 5.43 Å². The second-order valence-corrected chi connectivity index (χ2v) is 6.12. The monoisotopic (exact) mass is 390 g/mol. The van der Waals surface area contributed by atoms with Gasteiger partial charge in [-0.05, 0) is 36.4 Å². The summed E-state index contributed by atoms with van der Waals surface area (Å²) < 4.78 is 0. The zero-order valence-electron chi connectivity index (χ0n) is 13.1. The third-order valence-electron chi connectivity index (χ3n) is 3.33. The fraction of sp³-hybridized carbons (Fsp3) is 0. The number of nitrogens with one attached hydrogen (secondary N) is 2. The van der Waals surface area contributed by atoms with E-state index in [4.69, 9.17) is 23.2 Å². The Kier molecular flexibility index (Phi) is 5.11. The Morgan fingerprint density at radius 3 is 2.54 bits per heavy atom. The van der Waals surface area contributed by atoms with Gasteiger partial charge in [0.25, 0.3) is 5.91 Å². The molecule has 26 heavy (non-hydrogen) atoms. The highest BCUT2D eigenvalue weighted by atomic mass is 35.5. The summed E-state index contributed by atoms with van der Waals surface area (Å²) in [5.41, 5.74) is 4.03. The van der Waals surface area contributed by atoms with Crippen molar-refractivity contribution < 1.29 is 15.0 Å². The minimum atomic E-state index is -0.519. The number of phenolic OH excluding ortho intramolecular Hbond substituents is 2. The SMILES string of the molecule is O=C(N/N=C/c1cc(O)cc(O)c1)c1cc(-c2ccc(Cl)cc2Cl)n[nH]1. The Labute approximate surface area is 157 Å². The van der Waals surface area contributed by atoms with Gasteiger partial charge in [0.05, 0.1) is 16.9 Å². The molecule has 2 aromatic carbocycles. The highest BCUT2D eigenvalue weighted by Crippen LogP contribution is 2.29. The number of aromatic nitrogens is 2. The average Bonchev–Trinajstić information content (AvgIpc) is 3.03. The highest BCUT2D eigenvalue weighted by molar-refractivity contribution is 6.36. The minimum Gasteiger partial charge on any atom is -0.508 e. The molecular formula is C17H12Cl2N4O3. The molecule has 0 aliphatic carbocycles. The van der Waals surface area contributed by atoms with E-state index in [9.17, 15) is 15.0 Å². The molecule has 0 atom stereocenters. The van der Waals surface area contributed by atoms with Gasteiger partial charge in [-0.2, -0.15) is 10.2 Å². The van der Waals surface area contributed by atoms with Gasteiger partial charge >= 0.3 is 0 Å². The first-order valence-corrected chi connectivity index (χ1v) is 8.05. The topological polar surface area (TPSA) is 111 Å². The lowest BCUT2D eigenvalue weighted by molar-refractivity contribution is 0.0950. The quantitative estimate of drug-likeness (QED) is 0.403. The number of hydrogen-bond acceptors (Lipinski definition) is 5. The Bertz CT molecular complexity index is 981. The van der Waals surface area contributed by atoms with Crippen LogP contribution >= 0.6 is 23.2 Å². The molecule has 1 amide bonds. The van der Waals surface area contributed by atoms with Crippen LogP contribution in [0.2, 0.25) is 10.0 Å². The van der Waals surface area contributed by atoms with Gasteiger partial charge in [-0.3, -0.25) is 9.89 Å². The zero-order valence-corrected chi connectivity index (χ0v) is 14.6. The van der Waals surface area contributed by atoms with E-state index in [-0.39, 0.29) is 17.2 Å². The van der Waals surface area contributed by atoms with Crippen LogP contribution in [0, 0.1) is 0 Å². The van der Waals surface area contributed by atoms with E-state index in [0.29, 0.717) is 26.9 Å². The van der Waals surface area contributed by atoms with Crippen molar-refractivity contribution in [1.29, 1.82) is 0 Å². The molecule has 3 aromatic rings. The first kappa shape index (κ1) is 17.8. The molecule has 0 saturated carbocycles. The van der Waals surface area contributed by atoms with E-state index >= 15 is 0 Å². The van der Waals surface area contributed by atoms with Crippen molar-refractivity contribution in [3.8, 4) is 22.8 Å². The van der Waals surface area contributed by atoms with Crippen molar-refractivity contribution in [2.75, 3.05) is 0 Å². The lowest BCUT2D eigenvalue weighted by atomic mass is 10.1. The molecule has 0 radical (unpaired) electrons. The van der Waals surface area contributed by atoms with Crippen molar-refractivity contribution in [2.45, 2.75) is 0 Å². The van der Waals surface area contributed by atoms with Gasteiger partial charge in [0.1, 0.15) is 17.2 Å². The molecule has 1 heterocycles. The molecular weight excluding hydrogens is 379 g/mol. The van der Waals surface area contributed by atoms with E-state index in [2.05, 4.69) is 20.7 Å². The normalized spacial score (nSPS) is 11.0. The first-order chi connectivity index (χ1) is 12.4. The average molecular weight is 391 g/mol. The number of amides is 1. The van der Waals surface area contributed by atoms with Gasteiger partial charge in [0.2, 0.25) is 0 Å². The molecule has 9 heteroatoms. The Morgan fingerprint density at radius 1 is 1.12 bits per heavy atom. The van der Waals surface area contributed by atoms with Crippen LogP contribution in [0.25, 0.3) is 11.3 Å². The number of carbonyl (C=O) groups excluding carboxylic acids is 1. The number of benzene rings is 2. The van der Waals surface area contributed by atoms with Gasteiger partial charge in [-0.1, -0.05) is 23.2 Å². The molecule has 0 aliphatic rings. The van der Waals surface area contributed by atoms with E-state index in [1.165, 1.54) is 30.5 Å². The molecule has 0 unspecified atom stereocenters. The number of hydrazone groups is 1. The number of halogens is 2. The van der Waals surface area contributed by atoms with Crippen molar-refractivity contribution in [1.82, 2.24) is 15.6 Å². The third kappa shape index (κ3) is 4.14. The molecule has 4 N–H and O–H groups in total. The van der Waals surface area contributed by atoms with Crippen molar-refractivity contribution in [3.63, 3.8) is 0 Å². The summed E-state index contributed by atoms with van der Waals surface area (Å²) in [7, 11) is 0. The van der Waals surface area contributed by atoms with Crippen LogP contribution in [0.1, 0.15) is 16.1 Å². The van der Waals surface area contributed by atoms with Crippen molar-refractivity contribution in [2.24, 2.45) is 5.10 Å². The van der Waals surface area contributed by atoms with Crippen LogP contribution in [-0.2, 0) is 0 Å². The van der Waals surface area contributed by atoms with Crippen LogP contribution in [0.3, 0.4) is 0 Å².